The molecule has 2 rings (SSSR count). The monoisotopic (exact) mass is 366 g/mol. The molecule has 0 aliphatic carbocycles. The van der Waals surface area contributed by atoms with Crippen molar-refractivity contribution in [1.82, 2.24) is 0 Å². The topological polar surface area (TPSA) is 44.8 Å². The summed E-state index contributed by atoms with van der Waals surface area (Å²) in [6, 6.07) is 10.9. The number of carbonyl (C=O) groups excluding carboxylic acids is 1. The van der Waals surface area contributed by atoms with Crippen molar-refractivity contribution in [2.24, 2.45) is 0 Å². The van der Waals surface area contributed by atoms with Crippen LogP contribution in [0.2, 0.25) is 0 Å². The summed E-state index contributed by atoms with van der Waals surface area (Å²) in [7, 11) is 3.24. The third kappa shape index (κ3) is 5.23. The average molecular weight is 366 g/mol. The molecule has 0 N–H and O–H groups in total. The Morgan fingerprint density at radius 1 is 1.07 bits per heavy atom. The molecule has 0 saturated carbocycles. The highest BCUT2D eigenvalue weighted by Gasteiger charge is 2.13. The molecule has 27 heavy (non-hydrogen) atoms. The van der Waals surface area contributed by atoms with Crippen LogP contribution >= 0.6 is 0 Å². The lowest BCUT2D eigenvalue weighted by Crippen LogP contribution is -1.99. The van der Waals surface area contributed by atoms with E-state index in [0.29, 0.717) is 23.7 Å². The summed E-state index contributed by atoms with van der Waals surface area (Å²) >= 11 is 0. The molecule has 142 valence electrons. The highest BCUT2D eigenvalue weighted by Crippen LogP contribution is 2.34. The molecule has 0 heterocycles. The van der Waals surface area contributed by atoms with Gasteiger partial charge in [-0.2, -0.15) is 0 Å². The van der Waals surface area contributed by atoms with Gasteiger partial charge in [0.2, 0.25) is 0 Å². The number of benzene rings is 2. The second-order valence-electron chi connectivity index (χ2n) is 5.95. The van der Waals surface area contributed by atoms with Crippen LogP contribution in [0.1, 0.15) is 34.8 Å². The van der Waals surface area contributed by atoms with E-state index in [-0.39, 0.29) is 5.78 Å². The maximum atomic E-state index is 12.5. The zero-order chi connectivity index (χ0) is 19.6. The largest absolute Gasteiger partial charge is 0.496 e. The first kappa shape index (κ1) is 20.3. The summed E-state index contributed by atoms with van der Waals surface area (Å²) in [5, 5.41) is 0. The summed E-state index contributed by atoms with van der Waals surface area (Å²) in [4.78, 5) is 12.5. The summed E-state index contributed by atoms with van der Waals surface area (Å²) in [6.45, 7) is 6.16. The molecule has 4 heteroatoms. The number of ketones is 1. The van der Waals surface area contributed by atoms with Gasteiger partial charge in [-0.25, -0.2) is 0 Å². The zero-order valence-electron chi connectivity index (χ0n) is 16.2. The number of hydrogen-bond acceptors (Lipinski definition) is 4. The van der Waals surface area contributed by atoms with E-state index in [1.165, 1.54) is 6.08 Å². The van der Waals surface area contributed by atoms with Gasteiger partial charge < -0.3 is 14.2 Å². The van der Waals surface area contributed by atoms with E-state index >= 15 is 0 Å². The Kier molecular flexibility index (Phi) is 7.68. The molecule has 0 atom stereocenters. The first-order chi connectivity index (χ1) is 13.1. The van der Waals surface area contributed by atoms with Crippen molar-refractivity contribution in [2.45, 2.75) is 19.8 Å². The van der Waals surface area contributed by atoms with E-state index in [4.69, 9.17) is 14.2 Å². The Labute approximate surface area is 161 Å². The van der Waals surface area contributed by atoms with Gasteiger partial charge in [0.25, 0.3) is 0 Å². The van der Waals surface area contributed by atoms with Gasteiger partial charge in [0, 0.05) is 5.56 Å². The molecule has 2 aromatic carbocycles. The van der Waals surface area contributed by atoms with E-state index < -0.39 is 0 Å². The standard InChI is InChI=1S/C23H26O4/c1-5-7-18-10-15-22(25-3)20(23(18)26-4)13-14-21(24)17-8-11-19(12-9-17)27-16-6-2/h6,8-15H,2,5,7,16H2,1,3-4H3/b14-13+. The van der Waals surface area contributed by atoms with Crippen LogP contribution in [-0.2, 0) is 6.42 Å². The van der Waals surface area contributed by atoms with E-state index in [2.05, 4.69) is 13.5 Å². The zero-order valence-corrected chi connectivity index (χ0v) is 16.2. The van der Waals surface area contributed by atoms with Crippen LogP contribution < -0.4 is 14.2 Å². The Morgan fingerprint density at radius 3 is 2.41 bits per heavy atom. The molecule has 0 bridgehead atoms. The van der Waals surface area contributed by atoms with Crippen LogP contribution in [0.3, 0.4) is 0 Å². The average Bonchev–Trinajstić information content (AvgIpc) is 2.71. The molecular formula is C23H26O4. The predicted molar refractivity (Wildman–Crippen MR) is 109 cm³/mol. The molecule has 0 unspecified atom stereocenters. The van der Waals surface area contributed by atoms with E-state index in [1.807, 2.05) is 12.1 Å². The summed E-state index contributed by atoms with van der Waals surface area (Å²) < 4.78 is 16.5. The van der Waals surface area contributed by atoms with Crippen LogP contribution in [0.5, 0.6) is 17.2 Å². The summed E-state index contributed by atoms with van der Waals surface area (Å²) in [5.74, 6) is 2.01. The Morgan fingerprint density at radius 2 is 1.81 bits per heavy atom. The summed E-state index contributed by atoms with van der Waals surface area (Å²) in [6.07, 6.45) is 6.87. The minimum Gasteiger partial charge on any atom is -0.496 e. The lowest BCUT2D eigenvalue weighted by molar-refractivity contribution is 0.104. The number of allylic oxidation sites excluding steroid dienone is 1. The van der Waals surface area contributed by atoms with Crippen LogP contribution in [0.4, 0.5) is 0 Å². The number of carbonyl (C=O) groups is 1. The number of ether oxygens (including phenoxy) is 3. The minimum absolute atomic E-state index is 0.102. The van der Waals surface area contributed by atoms with Gasteiger partial charge in [0.1, 0.15) is 23.9 Å². The van der Waals surface area contributed by atoms with Gasteiger partial charge in [-0.1, -0.05) is 32.1 Å². The highest BCUT2D eigenvalue weighted by molar-refractivity contribution is 6.07. The number of rotatable bonds is 10. The quantitative estimate of drug-likeness (QED) is 0.333. The second-order valence-corrected chi connectivity index (χ2v) is 5.95. The molecule has 0 fully saturated rings. The van der Waals surface area contributed by atoms with Crippen LogP contribution in [0, 0.1) is 0 Å². The fraction of sp³-hybridized carbons (Fsp3) is 0.261. The lowest BCUT2D eigenvalue weighted by atomic mass is 10.0. The second kappa shape index (κ2) is 10.2. The Hall–Kier alpha value is -3.01. The Bertz CT molecular complexity index is 804. The molecule has 0 radical (unpaired) electrons. The maximum Gasteiger partial charge on any atom is 0.185 e. The van der Waals surface area contributed by atoms with E-state index in [1.54, 1.807) is 50.6 Å². The molecule has 0 aromatic heterocycles. The smallest absolute Gasteiger partial charge is 0.185 e. The molecular weight excluding hydrogens is 340 g/mol. The molecule has 0 aliphatic heterocycles. The number of aryl methyl sites for hydroxylation is 1. The third-order valence-electron chi connectivity index (χ3n) is 4.09. The van der Waals surface area contributed by atoms with Gasteiger partial charge >= 0.3 is 0 Å². The molecule has 0 spiro atoms. The van der Waals surface area contributed by atoms with Gasteiger partial charge in [-0.3, -0.25) is 4.79 Å². The van der Waals surface area contributed by atoms with Gasteiger partial charge in [-0.05, 0) is 54.5 Å². The number of methoxy groups -OCH3 is 2. The molecule has 0 amide bonds. The minimum atomic E-state index is -0.102. The molecule has 4 nitrogen and oxygen atoms in total. The van der Waals surface area contributed by atoms with Crippen molar-refractivity contribution in [2.75, 3.05) is 20.8 Å². The van der Waals surface area contributed by atoms with Crippen molar-refractivity contribution in [3.63, 3.8) is 0 Å². The van der Waals surface area contributed by atoms with Crippen LogP contribution in [0.25, 0.3) is 6.08 Å². The van der Waals surface area contributed by atoms with Gasteiger partial charge in [0.05, 0.1) is 19.8 Å². The fourth-order valence-electron chi connectivity index (χ4n) is 2.80. The van der Waals surface area contributed by atoms with Crippen molar-refractivity contribution in [3.8, 4) is 17.2 Å². The third-order valence-corrected chi connectivity index (χ3v) is 4.09. The predicted octanol–water partition coefficient (Wildman–Crippen LogP) is 5.12. The molecule has 0 aliphatic rings. The van der Waals surface area contributed by atoms with Crippen molar-refractivity contribution in [1.29, 1.82) is 0 Å². The highest BCUT2D eigenvalue weighted by atomic mass is 16.5. The molecule has 0 saturated heterocycles. The first-order valence-corrected chi connectivity index (χ1v) is 8.94. The maximum absolute atomic E-state index is 12.5. The van der Waals surface area contributed by atoms with Crippen LogP contribution in [0.15, 0.2) is 55.1 Å². The van der Waals surface area contributed by atoms with E-state index in [0.717, 1.165) is 29.7 Å². The molecule has 2 aromatic rings. The van der Waals surface area contributed by atoms with Crippen LogP contribution in [-0.4, -0.2) is 26.6 Å². The van der Waals surface area contributed by atoms with Gasteiger partial charge in [0.15, 0.2) is 5.78 Å². The van der Waals surface area contributed by atoms with E-state index in [9.17, 15) is 4.79 Å². The fourth-order valence-corrected chi connectivity index (χ4v) is 2.80. The van der Waals surface area contributed by atoms with Crippen molar-refractivity contribution in [3.05, 3.63) is 71.8 Å². The first-order valence-electron chi connectivity index (χ1n) is 8.94. The number of hydrogen-bond donors (Lipinski definition) is 0. The van der Waals surface area contributed by atoms with Gasteiger partial charge in [-0.15, -0.1) is 0 Å². The van der Waals surface area contributed by atoms with Crippen molar-refractivity contribution >= 4 is 11.9 Å². The lowest BCUT2D eigenvalue weighted by Gasteiger charge is -2.14. The van der Waals surface area contributed by atoms with Crippen molar-refractivity contribution < 1.29 is 19.0 Å². The Balaban J connectivity index is 2.26. The summed E-state index contributed by atoms with van der Waals surface area (Å²) in [5.41, 5.74) is 2.45. The SMILES string of the molecule is C=CCOc1ccc(C(=O)/C=C/c2c(OC)ccc(CCC)c2OC)cc1. The normalized spacial score (nSPS) is 10.6.